The molecule has 1 aromatic heterocycles. The van der Waals surface area contributed by atoms with Crippen molar-refractivity contribution >= 4 is 16.7 Å². The van der Waals surface area contributed by atoms with E-state index in [2.05, 4.69) is 9.97 Å². The molecule has 1 aliphatic rings. The van der Waals surface area contributed by atoms with Crippen molar-refractivity contribution in [3.8, 4) is 0 Å². The number of para-hydroxylation sites is 1. The first-order valence-electron chi connectivity index (χ1n) is 6.72. The number of halogens is 3. The summed E-state index contributed by atoms with van der Waals surface area (Å²) in [5, 5.41) is 0. The number of piperidine rings is 1. The smallest absolute Gasteiger partial charge is 0.368 e. The summed E-state index contributed by atoms with van der Waals surface area (Å²) >= 11 is 0. The summed E-state index contributed by atoms with van der Waals surface area (Å²) in [5.41, 5.74) is 7.74. The third kappa shape index (κ3) is 2.78. The van der Waals surface area contributed by atoms with Gasteiger partial charge in [0.2, 0.25) is 0 Å². The SMILES string of the molecule is NC1CC(C(F)(F)F)CN(c2cccc3nccnc23)C1. The molecule has 2 heterocycles. The van der Waals surface area contributed by atoms with Crippen LogP contribution in [0, 0.1) is 5.92 Å². The van der Waals surface area contributed by atoms with Crippen LogP contribution < -0.4 is 10.6 Å². The van der Waals surface area contributed by atoms with Gasteiger partial charge in [-0.2, -0.15) is 13.2 Å². The molecule has 0 aliphatic carbocycles. The van der Waals surface area contributed by atoms with Crippen LogP contribution in [0.4, 0.5) is 18.9 Å². The van der Waals surface area contributed by atoms with Gasteiger partial charge in [-0.3, -0.25) is 9.97 Å². The van der Waals surface area contributed by atoms with Gasteiger partial charge in [-0.1, -0.05) is 6.07 Å². The monoisotopic (exact) mass is 296 g/mol. The summed E-state index contributed by atoms with van der Waals surface area (Å²) in [6.07, 6.45) is -1.16. The minimum absolute atomic E-state index is 0.0313. The molecule has 2 N–H and O–H groups in total. The Balaban J connectivity index is 1.98. The van der Waals surface area contributed by atoms with Crippen molar-refractivity contribution < 1.29 is 13.2 Å². The third-order valence-corrected chi connectivity index (χ3v) is 3.76. The first-order valence-corrected chi connectivity index (χ1v) is 6.72. The van der Waals surface area contributed by atoms with Crippen LogP contribution in [0.3, 0.4) is 0 Å². The summed E-state index contributed by atoms with van der Waals surface area (Å²) in [5.74, 6) is -1.41. The fourth-order valence-corrected chi connectivity index (χ4v) is 2.80. The molecule has 2 atom stereocenters. The molecule has 4 nitrogen and oxygen atoms in total. The topological polar surface area (TPSA) is 55.0 Å². The maximum atomic E-state index is 13.0. The summed E-state index contributed by atoms with van der Waals surface area (Å²) in [6, 6.07) is 4.83. The lowest BCUT2D eigenvalue weighted by molar-refractivity contribution is -0.177. The molecule has 7 heteroatoms. The molecule has 1 saturated heterocycles. The van der Waals surface area contributed by atoms with E-state index in [1.807, 2.05) is 0 Å². The van der Waals surface area contributed by atoms with Gasteiger partial charge < -0.3 is 10.6 Å². The van der Waals surface area contributed by atoms with E-state index in [0.717, 1.165) is 0 Å². The lowest BCUT2D eigenvalue weighted by Gasteiger charge is -2.38. The standard InChI is InChI=1S/C14H15F3N4/c15-14(16,17)9-6-10(18)8-21(7-9)12-3-1-2-11-13(12)20-5-4-19-11/h1-5,9-10H,6-8,18H2. The van der Waals surface area contributed by atoms with E-state index in [0.29, 0.717) is 23.3 Å². The van der Waals surface area contributed by atoms with E-state index in [1.165, 1.54) is 6.20 Å². The summed E-state index contributed by atoms with van der Waals surface area (Å²) < 4.78 is 39.0. The molecule has 2 unspecified atom stereocenters. The van der Waals surface area contributed by atoms with Crippen LogP contribution in [-0.4, -0.2) is 35.3 Å². The van der Waals surface area contributed by atoms with Crippen LogP contribution in [0.15, 0.2) is 30.6 Å². The van der Waals surface area contributed by atoms with Gasteiger partial charge in [0, 0.05) is 31.5 Å². The Morgan fingerprint density at radius 3 is 2.67 bits per heavy atom. The van der Waals surface area contributed by atoms with E-state index in [9.17, 15) is 13.2 Å². The first kappa shape index (κ1) is 14.1. The van der Waals surface area contributed by atoms with Crippen LogP contribution in [0.25, 0.3) is 11.0 Å². The highest BCUT2D eigenvalue weighted by molar-refractivity contribution is 5.88. The van der Waals surface area contributed by atoms with E-state index in [-0.39, 0.29) is 13.0 Å². The first-order chi connectivity index (χ1) is 9.95. The fourth-order valence-electron chi connectivity index (χ4n) is 2.80. The molecule has 2 aromatic rings. The van der Waals surface area contributed by atoms with Crippen molar-refractivity contribution in [3.63, 3.8) is 0 Å². The lowest BCUT2D eigenvalue weighted by Crippen LogP contribution is -2.51. The van der Waals surface area contributed by atoms with E-state index >= 15 is 0 Å². The van der Waals surface area contributed by atoms with Gasteiger partial charge >= 0.3 is 6.18 Å². The predicted octanol–water partition coefficient (Wildman–Crippen LogP) is 2.35. The highest BCUT2D eigenvalue weighted by Crippen LogP contribution is 2.35. The molecule has 3 rings (SSSR count). The van der Waals surface area contributed by atoms with Gasteiger partial charge in [0.1, 0.15) is 5.52 Å². The second-order valence-electron chi connectivity index (χ2n) is 5.34. The molecule has 0 amide bonds. The van der Waals surface area contributed by atoms with Gasteiger partial charge in [0.15, 0.2) is 0 Å². The average molecular weight is 296 g/mol. The molecule has 0 bridgehead atoms. The number of aromatic nitrogens is 2. The Hall–Kier alpha value is -1.89. The second kappa shape index (κ2) is 5.14. The van der Waals surface area contributed by atoms with Crippen molar-refractivity contribution in [1.29, 1.82) is 0 Å². The zero-order valence-electron chi connectivity index (χ0n) is 11.2. The number of nitrogens with two attached hydrogens (primary N) is 1. The summed E-state index contributed by atoms with van der Waals surface area (Å²) in [7, 11) is 0. The van der Waals surface area contributed by atoms with Gasteiger partial charge in [0.25, 0.3) is 0 Å². The number of fused-ring (bicyclic) bond motifs is 1. The quantitative estimate of drug-likeness (QED) is 0.877. The summed E-state index contributed by atoms with van der Waals surface area (Å²) in [4.78, 5) is 10.1. The van der Waals surface area contributed by atoms with Crippen molar-refractivity contribution in [3.05, 3.63) is 30.6 Å². The Labute approximate surface area is 119 Å². The van der Waals surface area contributed by atoms with Gasteiger partial charge in [-0.15, -0.1) is 0 Å². The minimum atomic E-state index is -4.23. The van der Waals surface area contributed by atoms with Crippen molar-refractivity contribution in [2.24, 2.45) is 11.7 Å². The maximum absolute atomic E-state index is 13.0. The van der Waals surface area contributed by atoms with Crippen LogP contribution in [0.2, 0.25) is 0 Å². The fraction of sp³-hybridized carbons (Fsp3) is 0.429. The largest absolute Gasteiger partial charge is 0.393 e. The molecule has 0 radical (unpaired) electrons. The van der Waals surface area contributed by atoms with Crippen LogP contribution in [0.5, 0.6) is 0 Å². The number of hydrogen-bond acceptors (Lipinski definition) is 4. The average Bonchev–Trinajstić information content (AvgIpc) is 2.45. The Morgan fingerprint density at radius 1 is 1.14 bits per heavy atom. The van der Waals surface area contributed by atoms with Crippen LogP contribution in [-0.2, 0) is 0 Å². The highest BCUT2D eigenvalue weighted by atomic mass is 19.4. The van der Waals surface area contributed by atoms with Gasteiger partial charge in [-0.25, -0.2) is 0 Å². The minimum Gasteiger partial charge on any atom is -0.368 e. The van der Waals surface area contributed by atoms with Gasteiger partial charge in [-0.05, 0) is 18.6 Å². The molecule has 112 valence electrons. The van der Waals surface area contributed by atoms with Crippen molar-refractivity contribution in [1.82, 2.24) is 9.97 Å². The molecule has 21 heavy (non-hydrogen) atoms. The number of anilines is 1. The predicted molar refractivity (Wildman–Crippen MR) is 73.9 cm³/mol. The number of rotatable bonds is 1. The van der Waals surface area contributed by atoms with E-state index in [1.54, 1.807) is 29.3 Å². The molecule has 0 saturated carbocycles. The van der Waals surface area contributed by atoms with E-state index in [4.69, 9.17) is 5.73 Å². The zero-order chi connectivity index (χ0) is 15.0. The Bertz CT molecular complexity index is 638. The van der Waals surface area contributed by atoms with Gasteiger partial charge in [0.05, 0.1) is 17.1 Å². The maximum Gasteiger partial charge on any atom is 0.393 e. The van der Waals surface area contributed by atoms with Crippen LogP contribution in [0.1, 0.15) is 6.42 Å². The molecule has 1 aromatic carbocycles. The number of nitrogens with zero attached hydrogens (tertiary/aromatic N) is 3. The Morgan fingerprint density at radius 2 is 1.90 bits per heavy atom. The summed E-state index contributed by atoms with van der Waals surface area (Å²) in [6.45, 7) is 0.301. The van der Waals surface area contributed by atoms with Crippen LogP contribution >= 0.6 is 0 Å². The normalized spacial score (nSPS) is 23.5. The molecule has 0 spiro atoms. The lowest BCUT2D eigenvalue weighted by atomic mass is 9.93. The molecular formula is C14H15F3N4. The molecular weight excluding hydrogens is 281 g/mol. The van der Waals surface area contributed by atoms with Crippen molar-refractivity contribution in [2.75, 3.05) is 18.0 Å². The zero-order valence-corrected chi connectivity index (χ0v) is 11.2. The molecule has 1 fully saturated rings. The number of alkyl halides is 3. The molecule has 1 aliphatic heterocycles. The van der Waals surface area contributed by atoms with Crippen molar-refractivity contribution in [2.45, 2.75) is 18.6 Å². The number of benzene rings is 1. The van der Waals surface area contributed by atoms with E-state index < -0.39 is 18.1 Å². The highest BCUT2D eigenvalue weighted by Gasteiger charge is 2.44. The number of hydrogen-bond donors (Lipinski definition) is 1. The third-order valence-electron chi connectivity index (χ3n) is 3.76. The second-order valence-corrected chi connectivity index (χ2v) is 5.34. The Kier molecular flexibility index (Phi) is 3.44.